The summed E-state index contributed by atoms with van der Waals surface area (Å²) >= 11 is 5.84. The maximum Gasteiger partial charge on any atom is 0.529 e. The second kappa shape index (κ2) is 14.1. The van der Waals surface area contributed by atoms with E-state index in [1.165, 1.54) is 44.5 Å². The molecule has 1 aliphatic heterocycles. The summed E-state index contributed by atoms with van der Waals surface area (Å²) in [5, 5.41) is 2.95. The van der Waals surface area contributed by atoms with Crippen molar-refractivity contribution < 1.29 is 47.1 Å². The normalized spacial score (nSPS) is 19.1. The molecule has 0 bridgehead atoms. The third-order valence-corrected chi connectivity index (χ3v) is 7.46. The van der Waals surface area contributed by atoms with E-state index in [1.807, 2.05) is 0 Å². The second-order valence-electron chi connectivity index (χ2n) is 9.69. The molecule has 4 rings (SSSR count). The number of rotatable bonds is 12. The topological polar surface area (TPSA) is 182 Å². The summed E-state index contributed by atoms with van der Waals surface area (Å²) in [7, 11) is -3.36. The Morgan fingerprint density at radius 3 is 2.41 bits per heavy atom. The van der Waals surface area contributed by atoms with Crippen LogP contribution in [0.5, 0.6) is 11.5 Å². The van der Waals surface area contributed by atoms with Crippen molar-refractivity contribution in [3.8, 4) is 11.5 Å². The minimum Gasteiger partial charge on any atom is -0.497 e. The summed E-state index contributed by atoms with van der Waals surface area (Å²) in [6.07, 6.45) is -3.22. The Labute approximate surface area is 256 Å². The number of amides is 1. The first kappa shape index (κ1) is 32.8. The number of esters is 1. The number of aryl methyl sites for hydroxylation is 1. The van der Waals surface area contributed by atoms with Crippen molar-refractivity contribution in [2.45, 2.75) is 51.7 Å². The molecular weight excluding hydrogens is 621 g/mol. The lowest BCUT2D eigenvalue weighted by Crippen LogP contribution is -2.30. The molecule has 1 saturated heterocycles. The predicted molar refractivity (Wildman–Crippen MR) is 155 cm³/mol. The maximum atomic E-state index is 13.0. The number of ketones is 1. The Balaban J connectivity index is 1.52. The highest BCUT2D eigenvalue weighted by Gasteiger charge is 2.45. The molecule has 0 saturated carbocycles. The van der Waals surface area contributed by atoms with Gasteiger partial charge in [-0.3, -0.25) is 19.0 Å². The van der Waals surface area contributed by atoms with Crippen molar-refractivity contribution in [2.75, 3.05) is 12.4 Å². The van der Waals surface area contributed by atoms with Crippen molar-refractivity contribution in [1.29, 1.82) is 0 Å². The number of hydrogen-bond donors (Lipinski definition) is 2. The molecule has 1 aliphatic rings. The number of halogens is 1. The van der Waals surface area contributed by atoms with Gasteiger partial charge in [-0.15, -0.1) is 0 Å². The lowest BCUT2D eigenvalue weighted by molar-refractivity contribution is -0.170. The van der Waals surface area contributed by atoms with E-state index in [1.54, 1.807) is 31.2 Å². The maximum absolute atomic E-state index is 13.0. The van der Waals surface area contributed by atoms with Crippen LogP contribution in [0.1, 0.15) is 48.3 Å². The van der Waals surface area contributed by atoms with Gasteiger partial charge in [-0.25, -0.2) is 13.9 Å². The second-order valence-corrected chi connectivity index (χ2v) is 11.5. The average molecular weight is 650 g/mol. The van der Waals surface area contributed by atoms with E-state index in [0.29, 0.717) is 21.9 Å². The van der Waals surface area contributed by atoms with E-state index in [-0.39, 0.29) is 36.6 Å². The van der Waals surface area contributed by atoms with E-state index in [9.17, 15) is 28.6 Å². The third kappa shape index (κ3) is 8.74. The molecule has 2 heterocycles. The van der Waals surface area contributed by atoms with Crippen molar-refractivity contribution in [3.05, 3.63) is 81.4 Å². The van der Waals surface area contributed by atoms with Crippen molar-refractivity contribution >= 4 is 42.9 Å². The molecule has 4 unspecified atom stereocenters. The fourth-order valence-corrected chi connectivity index (χ4v) is 5.10. The molecule has 1 fully saturated rings. The fourth-order valence-electron chi connectivity index (χ4n) is 4.09. The van der Waals surface area contributed by atoms with Gasteiger partial charge >= 0.3 is 19.5 Å². The summed E-state index contributed by atoms with van der Waals surface area (Å²) in [4.78, 5) is 63.8. The van der Waals surface area contributed by atoms with Crippen LogP contribution in [0.25, 0.3) is 0 Å². The van der Waals surface area contributed by atoms with Gasteiger partial charge in [0.1, 0.15) is 29.3 Å². The van der Waals surface area contributed by atoms with Crippen molar-refractivity contribution in [1.82, 2.24) is 9.55 Å². The molecule has 0 radical (unpaired) electrons. The first-order chi connectivity index (χ1) is 20.8. The number of benzene rings is 2. The molecule has 44 heavy (non-hydrogen) atoms. The van der Waals surface area contributed by atoms with Crippen LogP contribution in [0.3, 0.4) is 0 Å². The van der Waals surface area contributed by atoms with Crippen LogP contribution in [-0.4, -0.2) is 51.6 Å². The van der Waals surface area contributed by atoms with Gasteiger partial charge in [0.25, 0.3) is 5.91 Å². The van der Waals surface area contributed by atoms with Crippen molar-refractivity contribution in [3.63, 3.8) is 0 Å². The Morgan fingerprint density at radius 1 is 1.11 bits per heavy atom. The Kier molecular flexibility index (Phi) is 10.6. The van der Waals surface area contributed by atoms with Crippen LogP contribution in [0.15, 0.2) is 59.5 Å². The van der Waals surface area contributed by atoms with E-state index >= 15 is 0 Å². The van der Waals surface area contributed by atoms with Crippen LogP contribution in [-0.2, 0) is 28.2 Å². The predicted octanol–water partition coefficient (Wildman–Crippen LogP) is 4.19. The van der Waals surface area contributed by atoms with Crippen LogP contribution < -0.4 is 20.3 Å². The summed E-state index contributed by atoms with van der Waals surface area (Å²) in [5.74, 6) is -1.00. The minimum absolute atomic E-state index is 0.00120. The zero-order valence-electron chi connectivity index (χ0n) is 23.8. The Bertz CT molecular complexity index is 1630. The highest BCUT2D eigenvalue weighted by Crippen LogP contribution is 2.48. The Hall–Kier alpha value is -4.07. The van der Waals surface area contributed by atoms with Gasteiger partial charge in [0, 0.05) is 35.2 Å². The molecule has 16 heteroatoms. The Morgan fingerprint density at radius 2 is 1.77 bits per heavy atom. The van der Waals surface area contributed by atoms with Gasteiger partial charge in [-0.05, 0) is 62.4 Å². The lowest BCUT2D eigenvalue weighted by atomic mass is 10.2. The first-order valence-electron chi connectivity index (χ1n) is 13.2. The molecule has 14 nitrogen and oxygen atoms in total. The highest BCUT2D eigenvalue weighted by molar-refractivity contribution is 7.47. The molecule has 0 aliphatic carbocycles. The van der Waals surface area contributed by atoms with Gasteiger partial charge in [0.2, 0.25) is 6.29 Å². The lowest BCUT2D eigenvalue weighted by Gasteiger charge is -2.22. The number of aromatic nitrogens is 2. The molecule has 1 aromatic heterocycles. The van der Waals surface area contributed by atoms with Gasteiger partial charge < -0.3 is 28.8 Å². The smallest absolute Gasteiger partial charge is 0.497 e. The number of ether oxygens (including phenoxy) is 3. The molecule has 0 spiro atoms. The number of nitrogens with one attached hydrogen (secondary N) is 1. The molecule has 2 aromatic carbocycles. The highest BCUT2D eigenvalue weighted by atomic mass is 35.5. The largest absolute Gasteiger partial charge is 0.529 e. The zero-order chi connectivity index (χ0) is 32.0. The number of Topliss-reactive ketones (excluding diaryl/α,β-unsaturated/α-hetero) is 1. The van der Waals surface area contributed by atoms with E-state index < -0.39 is 44.0 Å². The van der Waals surface area contributed by atoms with Gasteiger partial charge in [0.05, 0.1) is 13.5 Å². The standard InChI is InChI=1S/C28H29ClN3O11P/c1-16-15-32(28(36)31-25(16)30-26(35)18-5-9-20(39-3)10-6-18)23-14-22(40-24(34)13-4-17(2)33)27(41-23)43-44(37,38)42-21-11-7-19(29)8-12-21/h5-12,15,22-23,27H,4,13-14H2,1-3H3,(H,37,38)(H,30,31,35,36). The summed E-state index contributed by atoms with van der Waals surface area (Å²) in [5.41, 5.74) is -0.148. The molecular formula is C28H29ClN3O11P. The number of carbonyl (C=O) groups is 3. The summed E-state index contributed by atoms with van der Waals surface area (Å²) in [6.45, 7) is 2.91. The third-order valence-electron chi connectivity index (χ3n) is 6.29. The number of anilines is 1. The fraction of sp³-hybridized carbons (Fsp3) is 0.321. The number of methoxy groups -OCH3 is 1. The van der Waals surface area contributed by atoms with Gasteiger partial charge in [-0.2, -0.15) is 4.98 Å². The van der Waals surface area contributed by atoms with E-state index in [2.05, 4.69) is 10.3 Å². The molecule has 1 amide bonds. The first-order valence-corrected chi connectivity index (χ1v) is 15.1. The van der Waals surface area contributed by atoms with Crippen LogP contribution in [0.4, 0.5) is 5.82 Å². The number of phosphoric acid groups is 1. The van der Waals surface area contributed by atoms with Crippen LogP contribution in [0.2, 0.25) is 5.02 Å². The molecule has 3 aromatic rings. The van der Waals surface area contributed by atoms with Crippen molar-refractivity contribution in [2.24, 2.45) is 0 Å². The quantitative estimate of drug-likeness (QED) is 0.211. The summed E-state index contributed by atoms with van der Waals surface area (Å²) < 4.78 is 40.4. The molecule has 2 N–H and O–H groups in total. The minimum atomic E-state index is -4.86. The number of phosphoric ester groups is 1. The molecule has 234 valence electrons. The molecule has 4 atom stereocenters. The number of hydrogen-bond acceptors (Lipinski definition) is 11. The monoisotopic (exact) mass is 649 g/mol. The number of nitrogens with zero attached hydrogens (tertiary/aromatic N) is 2. The average Bonchev–Trinajstić information content (AvgIpc) is 3.35. The van der Waals surface area contributed by atoms with E-state index in [4.69, 9.17) is 34.9 Å². The van der Waals surface area contributed by atoms with Gasteiger partial charge in [-0.1, -0.05) is 11.6 Å². The SMILES string of the molecule is COc1ccc(C(=O)Nc2nc(=O)n(C3CC(OC(=O)CCC(C)=O)C(OP(=O)(O)Oc4ccc(Cl)cc4)O3)cc2C)cc1. The van der Waals surface area contributed by atoms with E-state index in [0.717, 1.165) is 4.57 Å². The number of carbonyl (C=O) groups excluding carboxylic acids is 3. The van der Waals surface area contributed by atoms with Gasteiger partial charge in [0.15, 0.2) is 6.10 Å². The van der Waals surface area contributed by atoms with Crippen LogP contribution in [0, 0.1) is 6.92 Å². The zero-order valence-corrected chi connectivity index (χ0v) is 25.4. The summed E-state index contributed by atoms with van der Waals surface area (Å²) in [6, 6.07) is 11.9. The van der Waals surface area contributed by atoms with Crippen LogP contribution >= 0.6 is 19.4 Å².